The summed E-state index contributed by atoms with van der Waals surface area (Å²) in [6.07, 6.45) is 2.46. The monoisotopic (exact) mass is 358 g/mol. The quantitative estimate of drug-likeness (QED) is 0.409. The predicted octanol–water partition coefficient (Wildman–Crippen LogP) is 6.02. The molecule has 0 saturated carbocycles. The van der Waals surface area contributed by atoms with Crippen LogP contribution in [0.2, 0.25) is 0 Å². The third-order valence-electron chi connectivity index (χ3n) is 4.50. The van der Waals surface area contributed by atoms with Crippen molar-refractivity contribution in [1.82, 2.24) is 0 Å². The Morgan fingerprint density at radius 2 is 1.74 bits per heavy atom. The summed E-state index contributed by atoms with van der Waals surface area (Å²) in [6.45, 7) is 2.03. The third-order valence-corrected chi connectivity index (χ3v) is 4.50. The zero-order valence-electron chi connectivity index (χ0n) is 15.1. The summed E-state index contributed by atoms with van der Waals surface area (Å²) in [5, 5.41) is 1.97. The molecule has 0 bridgehead atoms. The first-order valence-electron chi connectivity index (χ1n) is 8.58. The molecule has 0 amide bonds. The van der Waals surface area contributed by atoms with Crippen LogP contribution in [-0.4, -0.2) is 13.4 Å². The largest absolute Gasteiger partial charge is 0.497 e. The van der Waals surface area contributed by atoms with E-state index in [9.17, 15) is 4.79 Å². The van der Waals surface area contributed by atoms with E-state index in [0.29, 0.717) is 17.1 Å². The smallest absolute Gasteiger partial charge is 0.150 e. The van der Waals surface area contributed by atoms with Gasteiger partial charge in [0.25, 0.3) is 0 Å². The average molecular weight is 358 g/mol. The minimum absolute atomic E-state index is 0.604. The number of methoxy groups -OCH3 is 1. The lowest BCUT2D eigenvalue weighted by Crippen LogP contribution is -1.94. The van der Waals surface area contributed by atoms with Crippen molar-refractivity contribution in [2.75, 3.05) is 7.11 Å². The first-order chi connectivity index (χ1) is 13.2. The molecule has 4 aromatic rings. The van der Waals surface area contributed by atoms with Crippen LogP contribution in [0.25, 0.3) is 22.1 Å². The van der Waals surface area contributed by atoms with Gasteiger partial charge in [0.15, 0.2) is 0 Å². The van der Waals surface area contributed by atoms with Gasteiger partial charge < -0.3 is 13.9 Å². The summed E-state index contributed by atoms with van der Waals surface area (Å²) >= 11 is 0. The van der Waals surface area contributed by atoms with Crippen molar-refractivity contribution in [3.05, 3.63) is 78.1 Å². The molecule has 134 valence electrons. The Morgan fingerprint density at radius 3 is 2.41 bits per heavy atom. The van der Waals surface area contributed by atoms with Crippen LogP contribution in [0.4, 0.5) is 0 Å². The van der Waals surface area contributed by atoms with Crippen LogP contribution in [0.15, 0.2) is 71.3 Å². The second-order valence-electron chi connectivity index (χ2n) is 6.25. The Bertz CT molecular complexity index is 1090. The van der Waals surface area contributed by atoms with Crippen LogP contribution >= 0.6 is 0 Å². The third kappa shape index (κ3) is 3.17. The van der Waals surface area contributed by atoms with Gasteiger partial charge in [0, 0.05) is 10.9 Å². The number of hydrogen-bond donors (Lipinski definition) is 0. The zero-order chi connectivity index (χ0) is 18.8. The molecular formula is C23H18O4. The highest BCUT2D eigenvalue weighted by Crippen LogP contribution is 2.43. The zero-order valence-corrected chi connectivity index (χ0v) is 15.1. The number of hydrogen-bond acceptors (Lipinski definition) is 4. The molecule has 1 heterocycles. The Hall–Kier alpha value is -3.53. The highest BCUT2D eigenvalue weighted by Gasteiger charge is 2.18. The van der Waals surface area contributed by atoms with Gasteiger partial charge in [0.05, 0.1) is 18.9 Å². The van der Waals surface area contributed by atoms with Crippen molar-refractivity contribution < 1.29 is 18.7 Å². The minimum atomic E-state index is 0.604. The summed E-state index contributed by atoms with van der Waals surface area (Å²) in [5.74, 6) is 2.89. The number of rotatable bonds is 5. The normalized spacial score (nSPS) is 10.7. The van der Waals surface area contributed by atoms with E-state index in [1.165, 1.54) is 0 Å². The lowest BCUT2D eigenvalue weighted by atomic mass is 9.98. The van der Waals surface area contributed by atoms with Crippen LogP contribution < -0.4 is 9.47 Å². The van der Waals surface area contributed by atoms with Gasteiger partial charge in [-0.3, -0.25) is 4.79 Å². The van der Waals surface area contributed by atoms with Crippen molar-refractivity contribution in [3.63, 3.8) is 0 Å². The molecule has 0 fully saturated rings. The first-order valence-corrected chi connectivity index (χ1v) is 8.58. The van der Waals surface area contributed by atoms with Gasteiger partial charge in [0.2, 0.25) is 0 Å². The summed E-state index contributed by atoms with van der Waals surface area (Å²) in [6, 6.07) is 18.8. The van der Waals surface area contributed by atoms with Crippen LogP contribution in [0.3, 0.4) is 0 Å². The second-order valence-corrected chi connectivity index (χ2v) is 6.25. The summed E-state index contributed by atoms with van der Waals surface area (Å²) in [4.78, 5) is 10.9. The molecule has 27 heavy (non-hydrogen) atoms. The number of carbonyl (C=O) groups is 1. The van der Waals surface area contributed by atoms with Crippen molar-refractivity contribution in [2.45, 2.75) is 6.92 Å². The van der Waals surface area contributed by atoms with E-state index < -0.39 is 0 Å². The van der Waals surface area contributed by atoms with Gasteiger partial charge in [-0.1, -0.05) is 6.07 Å². The van der Waals surface area contributed by atoms with E-state index in [1.54, 1.807) is 37.6 Å². The SMILES string of the molecule is COc1ccc2c(Oc3ccc(C=O)cc3)c(-c3ccco3)c(C)cc2c1. The fraction of sp³-hybridized carbons (Fsp3) is 0.0870. The Balaban J connectivity index is 1.93. The molecule has 4 heteroatoms. The Kier molecular flexibility index (Phi) is 4.38. The maximum Gasteiger partial charge on any atom is 0.150 e. The van der Waals surface area contributed by atoms with E-state index in [4.69, 9.17) is 13.9 Å². The van der Waals surface area contributed by atoms with Gasteiger partial charge in [-0.05, 0) is 72.5 Å². The number of ether oxygens (including phenoxy) is 2. The van der Waals surface area contributed by atoms with E-state index in [-0.39, 0.29) is 0 Å². The average Bonchev–Trinajstić information content (AvgIpc) is 3.22. The lowest BCUT2D eigenvalue weighted by molar-refractivity contribution is 0.112. The molecule has 0 aliphatic rings. The molecule has 0 aliphatic heterocycles. The molecule has 0 saturated heterocycles. The van der Waals surface area contributed by atoms with Crippen LogP contribution in [0.1, 0.15) is 15.9 Å². The highest BCUT2D eigenvalue weighted by molar-refractivity contribution is 5.97. The number of furan rings is 1. The number of aryl methyl sites for hydroxylation is 1. The summed E-state index contributed by atoms with van der Waals surface area (Å²) in [7, 11) is 1.65. The Morgan fingerprint density at radius 1 is 0.963 bits per heavy atom. The van der Waals surface area contributed by atoms with Crippen LogP contribution in [0, 0.1) is 6.92 Å². The molecule has 4 rings (SSSR count). The van der Waals surface area contributed by atoms with E-state index in [1.807, 2.05) is 37.3 Å². The molecule has 0 N–H and O–H groups in total. The summed E-state index contributed by atoms with van der Waals surface area (Å²) in [5.41, 5.74) is 2.54. The molecule has 4 nitrogen and oxygen atoms in total. The fourth-order valence-corrected chi connectivity index (χ4v) is 3.18. The van der Waals surface area contributed by atoms with Crippen molar-refractivity contribution in [1.29, 1.82) is 0 Å². The predicted molar refractivity (Wildman–Crippen MR) is 105 cm³/mol. The second kappa shape index (κ2) is 7.00. The lowest BCUT2D eigenvalue weighted by Gasteiger charge is -2.16. The van der Waals surface area contributed by atoms with Crippen molar-refractivity contribution in [3.8, 4) is 28.6 Å². The topological polar surface area (TPSA) is 48.7 Å². The van der Waals surface area contributed by atoms with Crippen molar-refractivity contribution in [2.24, 2.45) is 0 Å². The molecule has 0 radical (unpaired) electrons. The maximum absolute atomic E-state index is 10.9. The molecule has 0 atom stereocenters. The first kappa shape index (κ1) is 16.9. The Labute approximate surface area is 157 Å². The van der Waals surface area contributed by atoms with E-state index in [0.717, 1.165) is 39.7 Å². The molecule has 1 aromatic heterocycles. The van der Waals surface area contributed by atoms with Gasteiger partial charge >= 0.3 is 0 Å². The van der Waals surface area contributed by atoms with E-state index in [2.05, 4.69) is 6.07 Å². The van der Waals surface area contributed by atoms with Crippen LogP contribution in [0.5, 0.6) is 17.2 Å². The maximum atomic E-state index is 10.9. The van der Waals surface area contributed by atoms with Gasteiger partial charge in [-0.2, -0.15) is 0 Å². The van der Waals surface area contributed by atoms with Gasteiger partial charge in [-0.15, -0.1) is 0 Å². The van der Waals surface area contributed by atoms with Crippen LogP contribution in [-0.2, 0) is 0 Å². The standard InChI is InChI=1S/C23H18O4/c1-15-12-17-13-19(25-2)9-10-20(17)23(22(15)21-4-3-11-26-21)27-18-7-5-16(14-24)6-8-18/h3-14H,1-2H3. The van der Waals surface area contributed by atoms with E-state index >= 15 is 0 Å². The molecule has 0 unspecified atom stereocenters. The van der Waals surface area contributed by atoms with Gasteiger partial charge in [-0.25, -0.2) is 0 Å². The number of benzene rings is 3. The van der Waals surface area contributed by atoms with Gasteiger partial charge in [0.1, 0.15) is 29.3 Å². The molecule has 0 spiro atoms. The summed E-state index contributed by atoms with van der Waals surface area (Å²) < 4.78 is 17.3. The molecular weight excluding hydrogens is 340 g/mol. The number of carbonyl (C=O) groups excluding carboxylic acids is 1. The van der Waals surface area contributed by atoms with Crippen molar-refractivity contribution >= 4 is 17.1 Å². The number of aldehydes is 1. The molecule has 3 aromatic carbocycles. The number of fused-ring (bicyclic) bond motifs is 1. The fourth-order valence-electron chi connectivity index (χ4n) is 3.18. The highest BCUT2D eigenvalue weighted by atomic mass is 16.5. The minimum Gasteiger partial charge on any atom is -0.497 e. The molecule has 0 aliphatic carbocycles.